The van der Waals surface area contributed by atoms with Crippen LogP contribution in [0.25, 0.3) is 0 Å². The first-order valence-corrected chi connectivity index (χ1v) is 7.85. The number of aliphatic hydroxyl groups is 1. The quantitative estimate of drug-likeness (QED) is 0.836. The Morgan fingerprint density at radius 1 is 1.32 bits per heavy atom. The number of aliphatic hydroxyl groups excluding tert-OH is 1. The van der Waals surface area contributed by atoms with Gasteiger partial charge in [-0.05, 0) is 12.1 Å². The first-order chi connectivity index (χ1) is 12.1. The molecule has 1 aliphatic heterocycles. The van der Waals surface area contributed by atoms with E-state index < -0.39 is 11.9 Å². The minimum atomic E-state index is -0.692. The van der Waals surface area contributed by atoms with Crippen molar-refractivity contribution in [2.75, 3.05) is 48.3 Å². The van der Waals surface area contributed by atoms with Crippen molar-refractivity contribution in [1.29, 1.82) is 5.26 Å². The molecule has 130 valence electrons. The Kier molecular flexibility index (Phi) is 4.90. The highest BCUT2D eigenvalue weighted by molar-refractivity contribution is 5.54. The topological polar surface area (TPSA) is 101 Å². The molecule has 8 nitrogen and oxygen atoms in total. The molecule has 25 heavy (non-hydrogen) atoms. The lowest BCUT2D eigenvalue weighted by atomic mass is 10.2. The molecule has 0 aliphatic carbocycles. The summed E-state index contributed by atoms with van der Waals surface area (Å²) in [5.74, 6) is 0.461. The van der Waals surface area contributed by atoms with Gasteiger partial charge in [-0.15, -0.1) is 0 Å². The monoisotopic (exact) mass is 343 g/mol. The van der Waals surface area contributed by atoms with E-state index in [-0.39, 0.29) is 5.82 Å². The van der Waals surface area contributed by atoms with Crippen molar-refractivity contribution in [3.05, 3.63) is 35.9 Å². The van der Waals surface area contributed by atoms with Crippen LogP contribution in [0.3, 0.4) is 0 Å². The maximum atomic E-state index is 13.6. The summed E-state index contributed by atoms with van der Waals surface area (Å²) in [7, 11) is 1.58. The number of nitriles is 1. The smallest absolute Gasteiger partial charge is 0.227 e. The Hall–Kier alpha value is -2.99. The van der Waals surface area contributed by atoms with Gasteiger partial charge in [0, 0.05) is 39.4 Å². The van der Waals surface area contributed by atoms with Gasteiger partial charge in [0.25, 0.3) is 0 Å². The lowest BCUT2D eigenvalue weighted by molar-refractivity contribution is 0.190. The van der Waals surface area contributed by atoms with Gasteiger partial charge in [0.15, 0.2) is 11.6 Å². The Morgan fingerprint density at radius 2 is 2.08 bits per heavy atom. The van der Waals surface area contributed by atoms with Crippen LogP contribution in [-0.2, 0) is 0 Å². The Morgan fingerprint density at radius 3 is 2.84 bits per heavy atom. The molecule has 2 aromatic rings. The standard InChI is InChI=1S/C16H18FN7O/c1-19-14-13(17)8-21-16(22-14)24-6-5-23(9-12(25)10-24)15-11(7-18)3-2-4-20-15/h2-4,8,12,25H,5-6,9-10H2,1H3,(H,19,21,22)/t12-/m1/s1. The van der Waals surface area contributed by atoms with Gasteiger partial charge in [-0.3, -0.25) is 0 Å². The molecule has 2 N–H and O–H groups in total. The second-order valence-corrected chi connectivity index (χ2v) is 5.65. The van der Waals surface area contributed by atoms with Crippen molar-refractivity contribution >= 4 is 17.6 Å². The third-order valence-corrected chi connectivity index (χ3v) is 3.96. The molecule has 1 fully saturated rings. The molecule has 0 amide bonds. The zero-order valence-corrected chi connectivity index (χ0v) is 13.7. The Bertz CT molecular complexity index is 794. The van der Waals surface area contributed by atoms with Crippen LogP contribution in [0.15, 0.2) is 24.5 Å². The average Bonchev–Trinajstić information content (AvgIpc) is 2.83. The van der Waals surface area contributed by atoms with E-state index in [4.69, 9.17) is 0 Å². The Labute approximate surface area is 144 Å². The first kappa shape index (κ1) is 16.9. The van der Waals surface area contributed by atoms with Crippen molar-refractivity contribution in [2.45, 2.75) is 6.10 Å². The lowest BCUT2D eigenvalue weighted by Gasteiger charge is -2.23. The molecule has 1 atom stereocenters. The largest absolute Gasteiger partial charge is 0.389 e. The van der Waals surface area contributed by atoms with E-state index in [0.29, 0.717) is 43.5 Å². The second kappa shape index (κ2) is 7.27. The van der Waals surface area contributed by atoms with E-state index in [1.807, 2.05) is 4.90 Å². The fourth-order valence-electron chi connectivity index (χ4n) is 2.79. The van der Waals surface area contributed by atoms with Crippen molar-refractivity contribution in [2.24, 2.45) is 0 Å². The molecular weight excluding hydrogens is 325 g/mol. The molecule has 0 saturated carbocycles. The summed E-state index contributed by atoms with van der Waals surface area (Å²) >= 11 is 0. The SMILES string of the molecule is CNc1nc(N2CCN(c3ncccc3C#N)C[C@@H](O)C2)ncc1F. The van der Waals surface area contributed by atoms with Crippen LogP contribution >= 0.6 is 0 Å². The van der Waals surface area contributed by atoms with E-state index in [0.717, 1.165) is 6.20 Å². The molecule has 0 unspecified atom stereocenters. The van der Waals surface area contributed by atoms with Crippen LogP contribution in [0.5, 0.6) is 0 Å². The molecular formula is C16H18FN7O. The van der Waals surface area contributed by atoms with Gasteiger partial charge >= 0.3 is 0 Å². The highest BCUT2D eigenvalue weighted by Crippen LogP contribution is 2.21. The van der Waals surface area contributed by atoms with E-state index >= 15 is 0 Å². The van der Waals surface area contributed by atoms with Gasteiger partial charge < -0.3 is 20.2 Å². The van der Waals surface area contributed by atoms with Crippen molar-refractivity contribution in [1.82, 2.24) is 15.0 Å². The van der Waals surface area contributed by atoms with Crippen LogP contribution in [0.1, 0.15) is 5.56 Å². The molecule has 0 spiro atoms. The van der Waals surface area contributed by atoms with E-state index in [1.165, 1.54) is 0 Å². The van der Waals surface area contributed by atoms with Crippen molar-refractivity contribution in [3.8, 4) is 6.07 Å². The summed E-state index contributed by atoms with van der Waals surface area (Å²) in [6, 6.07) is 5.51. The third-order valence-electron chi connectivity index (χ3n) is 3.96. The van der Waals surface area contributed by atoms with E-state index in [1.54, 1.807) is 30.3 Å². The highest BCUT2D eigenvalue weighted by Gasteiger charge is 2.25. The van der Waals surface area contributed by atoms with E-state index in [9.17, 15) is 14.8 Å². The number of β-amino-alcohol motifs (C(OH)–C–C–N with tert-alkyl or cyclic N) is 1. The summed E-state index contributed by atoms with van der Waals surface area (Å²) < 4.78 is 13.6. The summed E-state index contributed by atoms with van der Waals surface area (Å²) in [5.41, 5.74) is 0.457. The van der Waals surface area contributed by atoms with Gasteiger partial charge in [-0.1, -0.05) is 0 Å². The lowest BCUT2D eigenvalue weighted by Crippen LogP contribution is -2.34. The molecule has 3 rings (SSSR count). The van der Waals surface area contributed by atoms with Crippen LogP contribution in [0.2, 0.25) is 0 Å². The molecule has 0 aromatic carbocycles. The second-order valence-electron chi connectivity index (χ2n) is 5.65. The van der Waals surface area contributed by atoms with Crippen molar-refractivity contribution in [3.63, 3.8) is 0 Å². The summed E-state index contributed by atoms with van der Waals surface area (Å²) in [4.78, 5) is 16.1. The minimum Gasteiger partial charge on any atom is -0.389 e. The van der Waals surface area contributed by atoms with Crippen LogP contribution in [0, 0.1) is 17.1 Å². The number of pyridine rings is 1. The Balaban J connectivity index is 1.83. The highest BCUT2D eigenvalue weighted by atomic mass is 19.1. The number of hydrogen-bond donors (Lipinski definition) is 2. The third kappa shape index (κ3) is 3.59. The van der Waals surface area contributed by atoms with Gasteiger partial charge in [0.2, 0.25) is 5.95 Å². The maximum Gasteiger partial charge on any atom is 0.227 e. The number of hydrogen-bond acceptors (Lipinski definition) is 8. The number of anilines is 3. The number of nitrogens with one attached hydrogen (secondary N) is 1. The zero-order valence-electron chi connectivity index (χ0n) is 13.7. The van der Waals surface area contributed by atoms with Crippen LogP contribution in [0.4, 0.5) is 22.0 Å². The fourth-order valence-corrected chi connectivity index (χ4v) is 2.79. The fraction of sp³-hybridized carbons (Fsp3) is 0.375. The van der Waals surface area contributed by atoms with E-state index in [2.05, 4.69) is 26.3 Å². The first-order valence-electron chi connectivity index (χ1n) is 7.85. The maximum absolute atomic E-state index is 13.6. The molecule has 1 aliphatic rings. The molecule has 0 radical (unpaired) electrons. The van der Waals surface area contributed by atoms with Gasteiger partial charge in [-0.2, -0.15) is 10.2 Å². The molecule has 3 heterocycles. The number of rotatable bonds is 3. The van der Waals surface area contributed by atoms with Gasteiger partial charge in [-0.25, -0.2) is 14.4 Å². The number of halogens is 1. The van der Waals surface area contributed by atoms with Crippen LogP contribution < -0.4 is 15.1 Å². The summed E-state index contributed by atoms with van der Waals surface area (Å²) in [5, 5.41) is 22.3. The molecule has 1 saturated heterocycles. The zero-order chi connectivity index (χ0) is 17.8. The average molecular weight is 343 g/mol. The predicted molar refractivity (Wildman–Crippen MR) is 90.9 cm³/mol. The summed E-state index contributed by atoms with van der Waals surface area (Å²) in [6.45, 7) is 1.67. The van der Waals surface area contributed by atoms with Gasteiger partial charge in [0.1, 0.15) is 11.9 Å². The normalized spacial score (nSPS) is 17.8. The predicted octanol–water partition coefficient (Wildman–Crippen LogP) is 0.612. The summed E-state index contributed by atoms with van der Waals surface area (Å²) in [6.07, 6.45) is 2.03. The molecule has 9 heteroatoms. The molecule has 2 aromatic heterocycles. The van der Waals surface area contributed by atoms with Crippen LogP contribution in [-0.4, -0.2) is 59.4 Å². The number of nitrogens with zero attached hydrogens (tertiary/aromatic N) is 6. The number of aromatic nitrogens is 3. The van der Waals surface area contributed by atoms with Crippen molar-refractivity contribution < 1.29 is 9.50 Å². The van der Waals surface area contributed by atoms with Gasteiger partial charge in [0.05, 0.1) is 17.9 Å². The molecule has 0 bridgehead atoms. The minimum absolute atomic E-state index is 0.108.